The molecule has 2 N–H and O–H groups in total. The number of nitrogens with zero attached hydrogens (tertiary/aromatic N) is 1. The molecule has 1 saturated heterocycles. The van der Waals surface area contributed by atoms with Gasteiger partial charge in [0, 0.05) is 12.1 Å². The van der Waals surface area contributed by atoms with Gasteiger partial charge in [0.2, 0.25) is 0 Å². The lowest BCUT2D eigenvalue weighted by Gasteiger charge is -2.08. The zero-order valence-corrected chi connectivity index (χ0v) is 11.0. The van der Waals surface area contributed by atoms with E-state index in [9.17, 15) is 0 Å². The third-order valence-electron chi connectivity index (χ3n) is 3.66. The predicted molar refractivity (Wildman–Crippen MR) is 78.2 cm³/mol. The molecule has 1 unspecified atom stereocenters. The van der Waals surface area contributed by atoms with Crippen LogP contribution in [-0.2, 0) is 4.74 Å². The number of ether oxygens (including phenoxy) is 1. The van der Waals surface area contributed by atoms with Gasteiger partial charge in [-0.3, -0.25) is 5.32 Å². The molecular weight excluding hydrogens is 250 g/mol. The van der Waals surface area contributed by atoms with Crippen molar-refractivity contribution in [3.63, 3.8) is 0 Å². The molecule has 0 radical (unpaired) electrons. The van der Waals surface area contributed by atoms with E-state index in [1.54, 1.807) is 0 Å². The van der Waals surface area contributed by atoms with Crippen LogP contribution in [0.1, 0.15) is 11.7 Å². The Kier molecular flexibility index (Phi) is 2.76. The van der Waals surface area contributed by atoms with Gasteiger partial charge in [-0.05, 0) is 17.7 Å². The number of fused-ring (bicyclic) bond motifs is 1. The molecule has 1 aromatic heterocycles. The molecule has 0 saturated carbocycles. The van der Waals surface area contributed by atoms with E-state index in [1.165, 1.54) is 5.56 Å². The van der Waals surface area contributed by atoms with Gasteiger partial charge in [-0.15, -0.1) is 0 Å². The summed E-state index contributed by atoms with van der Waals surface area (Å²) in [5.74, 6) is 0.906. The fourth-order valence-corrected chi connectivity index (χ4v) is 2.57. The summed E-state index contributed by atoms with van der Waals surface area (Å²) in [4.78, 5) is 7.96. The van der Waals surface area contributed by atoms with Gasteiger partial charge in [0.1, 0.15) is 5.82 Å². The topological polar surface area (TPSA) is 49.9 Å². The number of imidazole rings is 1. The maximum absolute atomic E-state index is 5.60. The molecule has 1 fully saturated rings. The summed E-state index contributed by atoms with van der Waals surface area (Å²) in [6.45, 7) is 1.51. The number of benzene rings is 2. The van der Waals surface area contributed by atoms with Crippen LogP contribution < -0.4 is 5.32 Å². The number of hydrogen-bond donors (Lipinski definition) is 2. The highest BCUT2D eigenvalue weighted by Gasteiger charge is 2.17. The first kappa shape index (κ1) is 11.6. The molecule has 1 aliphatic rings. The Morgan fingerprint density at radius 1 is 1.05 bits per heavy atom. The third-order valence-corrected chi connectivity index (χ3v) is 3.66. The average Bonchev–Trinajstić information content (AvgIpc) is 3.17. The zero-order valence-electron chi connectivity index (χ0n) is 11.0. The van der Waals surface area contributed by atoms with Crippen LogP contribution in [0.4, 0.5) is 0 Å². The Balaban J connectivity index is 1.67. The molecule has 3 aromatic rings. The van der Waals surface area contributed by atoms with E-state index in [0.29, 0.717) is 6.73 Å². The summed E-state index contributed by atoms with van der Waals surface area (Å²) in [6, 6.07) is 16.5. The molecular formula is C16H15N3O. The highest BCUT2D eigenvalue weighted by atomic mass is 16.5. The predicted octanol–water partition coefficient (Wildman–Crippen LogP) is 2.85. The van der Waals surface area contributed by atoms with Gasteiger partial charge in [0.25, 0.3) is 0 Å². The van der Waals surface area contributed by atoms with Gasteiger partial charge in [-0.1, -0.05) is 36.4 Å². The molecule has 0 bridgehead atoms. The lowest BCUT2D eigenvalue weighted by atomic mass is 10.1. The van der Waals surface area contributed by atoms with E-state index in [1.807, 2.05) is 24.3 Å². The van der Waals surface area contributed by atoms with Crippen molar-refractivity contribution in [2.24, 2.45) is 0 Å². The molecule has 20 heavy (non-hydrogen) atoms. The lowest BCUT2D eigenvalue weighted by molar-refractivity contribution is 0.114. The Bertz CT molecular complexity index is 694. The SMILES string of the molecule is c1ccc2[nH]c(-c3ccc(C4CNCO4)cc3)nc2c1. The first-order chi connectivity index (χ1) is 9.90. The van der Waals surface area contributed by atoms with Gasteiger partial charge in [-0.2, -0.15) is 0 Å². The minimum atomic E-state index is 0.166. The minimum absolute atomic E-state index is 0.166. The van der Waals surface area contributed by atoms with E-state index >= 15 is 0 Å². The molecule has 4 heteroatoms. The van der Waals surface area contributed by atoms with Crippen molar-refractivity contribution in [2.75, 3.05) is 13.3 Å². The maximum atomic E-state index is 5.60. The maximum Gasteiger partial charge on any atom is 0.138 e. The van der Waals surface area contributed by atoms with Crippen LogP contribution in [0.15, 0.2) is 48.5 Å². The number of H-pyrrole nitrogens is 1. The number of hydrogen-bond acceptors (Lipinski definition) is 3. The average molecular weight is 265 g/mol. The minimum Gasteiger partial charge on any atom is -0.357 e. The van der Waals surface area contributed by atoms with Crippen LogP contribution in [0, 0.1) is 0 Å². The summed E-state index contributed by atoms with van der Waals surface area (Å²) in [5.41, 5.74) is 4.36. The molecule has 0 amide bonds. The molecule has 4 nitrogen and oxygen atoms in total. The number of para-hydroxylation sites is 2. The van der Waals surface area contributed by atoms with Crippen LogP contribution in [0.25, 0.3) is 22.4 Å². The second-order valence-electron chi connectivity index (χ2n) is 4.98. The fraction of sp³-hybridized carbons (Fsp3) is 0.188. The zero-order chi connectivity index (χ0) is 13.4. The van der Waals surface area contributed by atoms with Gasteiger partial charge >= 0.3 is 0 Å². The van der Waals surface area contributed by atoms with Gasteiger partial charge in [0.15, 0.2) is 0 Å². The van der Waals surface area contributed by atoms with Crippen molar-refractivity contribution in [2.45, 2.75) is 6.10 Å². The van der Waals surface area contributed by atoms with Crippen LogP contribution in [-0.4, -0.2) is 23.2 Å². The summed E-state index contributed by atoms with van der Waals surface area (Å²) < 4.78 is 5.60. The molecule has 0 spiro atoms. The van der Waals surface area contributed by atoms with Gasteiger partial charge < -0.3 is 9.72 Å². The lowest BCUT2D eigenvalue weighted by Crippen LogP contribution is -2.07. The van der Waals surface area contributed by atoms with Crippen molar-refractivity contribution >= 4 is 11.0 Å². The first-order valence-corrected chi connectivity index (χ1v) is 6.77. The van der Waals surface area contributed by atoms with E-state index in [0.717, 1.165) is 29.0 Å². The Morgan fingerprint density at radius 3 is 2.65 bits per heavy atom. The second-order valence-corrected chi connectivity index (χ2v) is 4.98. The Hall–Kier alpha value is -2.17. The van der Waals surface area contributed by atoms with Crippen molar-refractivity contribution in [1.29, 1.82) is 0 Å². The largest absolute Gasteiger partial charge is 0.357 e. The molecule has 4 rings (SSSR count). The smallest absolute Gasteiger partial charge is 0.138 e. The summed E-state index contributed by atoms with van der Waals surface area (Å²) in [7, 11) is 0. The molecule has 0 aliphatic carbocycles. The first-order valence-electron chi connectivity index (χ1n) is 6.77. The number of aromatic amines is 1. The summed E-state index contributed by atoms with van der Waals surface area (Å²) in [6.07, 6.45) is 0.166. The van der Waals surface area contributed by atoms with Crippen molar-refractivity contribution in [3.05, 3.63) is 54.1 Å². The quantitative estimate of drug-likeness (QED) is 0.749. The van der Waals surface area contributed by atoms with E-state index < -0.39 is 0 Å². The van der Waals surface area contributed by atoms with Gasteiger partial charge in [0.05, 0.1) is 23.9 Å². The van der Waals surface area contributed by atoms with Crippen LogP contribution >= 0.6 is 0 Å². The van der Waals surface area contributed by atoms with Crippen molar-refractivity contribution in [1.82, 2.24) is 15.3 Å². The number of rotatable bonds is 2. The fourth-order valence-electron chi connectivity index (χ4n) is 2.57. The summed E-state index contributed by atoms with van der Waals surface area (Å²) >= 11 is 0. The molecule has 1 aliphatic heterocycles. The standard InChI is InChI=1S/C16H15N3O/c1-2-4-14-13(3-1)18-16(19-14)12-7-5-11(6-8-12)15-9-17-10-20-15/h1-8,15,17H,9-10H2,(H,18,19). The van der Waals surface area contributed by atoms with Gasteiger partial charge in [-0.25, -0.2) is 4.98 Å². The van der Waals surface area contributed by atoms with E-state index in [-0.39, 0.29) is 6.10 Å². The number of nitrogens with one attached hydrogen (secondary N) is 2. The Labute approximate surface area is 116 Å². The van der Waals surface area contributed by atoms with E-state index in [4.69, 9.17) is 4.74 Å². The Morgan fingerprint density at radius 2 is 1.90 bits per heavy atom. The molecule has 100 valence electrons. The van der Waals surface area contributed by atoms with Crippen molar-refractivity contribution < 1.29 is 4.74 Å². The monoisotopic (exact) mass is 265 g/mol. The second kappa shape index (κ2) is 4.74. The normalized spacial score (nSPS) is 18.7. The third kappa shape index (κ3) is 1.99. The molecule has 2 aromatic carbocycles. The molecule has 1 atom stereocenters. The van der Waals surface area contributed by atoms with Crippen molar-refractivity contribution in [3.8, 4) is 11.4 Å². The van der Waals surface area contributed by atoms with Crippen LogP contribution in [0.2, 0.25) is 0 Å². The number of aromatic nitrogens is 2. The highest BCUT2D eigenvalue weighted by Crippen LogP contribution is 2.24. The van der Waals surface area contributed by atoms with E-state index in [2.05, 4.69) is 39.6 Å². The van der Waals surface area contributed by atoms with Crippen LogP contribution in [0.3, 0.4) is 0 Å². The molecule has 2 heterocycles. The highest BCUT2D eigenvalue weighted by molar-refractivity contribution is 5.79. The van der Waals surface area contributed by atoms with Crippen LogP contribution in [0.5, 0.6) is 0 Å². The summed E-state index contributed by atoms with van der Waals surface area (Å²) in [5, 5.41) is 3.19.